The van der Waals surface area contributed by atoms with Gasteiger partial charge in [0.25, 0.3) is 0 Å². The largest absolute Gasteiger partial charge is 0.381 e. The maximum atomic E-state index is 4.36. The van der Waals surface area contributed by atoms with Crippen LogP contribution >= 0.6 is 15.9 Å². The summed E-state index contributed by atoms with van der Waals surface area (Å²) in [6.07, 6.45) is 1.84. The van der Waals surface area contributed by atoms with E-state index < -0.39 is 0 Å². The first-order valence-corrected chi connectivity index (χ1v) is 6.91. The lowest BCUT2D eigenvalue weighted by atomic mass is 10.2. The molecule has 0 aliphatic carbocycles. The topological polar surface area (TPSA) is 29.9 Å². The van der Waals surface area contributed by atoms with Crippen LogP contribution < -0.4 is 5.32 Å². The van der Waals surface area contributed by atoms with Gasteiger partial charge in [-0.05, 0) is 35.9 Å². The number of aromatic nitrogens is 2. The summed E-state index contributed by atoms with van der Waals surface area (Å²) in [5, 5.41) is 3.42. The van der Waals surface area contributed by atoms with Crippen molar-refractivity contribution in [2.75, 3.05) is 5.32 Å². The summed E-state index contributed by atoms with van der Waals surface area (Å²) in [5.74, 6) is 0. The molecule has 0 saturated carbocycles. The number of imidazole rings is 1. The van der Waals surface area contributed by atoms with Crippen molar-refractivity contribution in [3.8, 4) is 0 Å². The summed E-state index contributed by atoms with van der Waals surface area (Å²) < 4.78 is 3.12. The van der Waals surface area contributed by atoms with Crippen LogP contribution in [0.2, 0.25) is 0 Å². The molecule has 1 aromatic heterocycles. The highest BCUT2D eigenvalue weighted by atomic mass is 79.9. The van der Waals surface area contributed by atoms with Gasteiger partial charge in [0.05, 0.1) is 17.4 Å². The minimum atomic E-state index is 0.811. The van der Waals surface area contributed by atoms with E-state index in [9.17, 15) is 0 Å². The fourth-order valence-electron chi connectivity index (χ4n) is 2.05. The smallest absolute Gasteiger partial charge is 0.0955 e. The van der Waals surface area contributed by atoms with E-state index in [1.54, 1.807) is 0 Å². The van der Waals surface area contributed by atoms with Crippen LogP contribution in [0, 0.1) is 0 Å². The summed E-state index contributed by atoms with van der Waals surface area (Å²) in [6.45, 7) is 0.811. The number of aryl methyl sites for hydroxylation is 1. The van der Waals surface area contributed by atoms with E-state index in [2.05, 4.69) is 68.7 Å². The highest BCUT2D eigenvalue weighted by molar-refractivity contribution is 9.10. The molecule has 0 aliphatic heterocycles. The van der Waals surface area contributed by atoms with Gasteiger partial charge in [-0.3, -0.25) is 0 Å². The number of fused-ring (bicyclic) bond motifs is 1. The Hall–Kier alpha value is -1.81. The Morgan fingerprint density at radius 1 is 1.16 bits per heavy atom. The minimum absolute atomic E-state index is 0.811. The van der Waals surface area contributed by atoms with Crippen LogP contribution in [0.1, 0.15) is 5.56 Å². The molecule has 0 saturated heterocycles. The van der Waals surface area contributed by atoms with Crippen molar-refractivity contribution in [3.05, 3.63) is 58.8 Å². The van der Waals surface area contributed by atoms with Gasteiger partial charge in [0.2, 0.25) is 0 Å². The molecule has 0 aliphatic rings. The van der Waals surface area contributed by atoms with Crippen LogP contribution in [0.3, 0.4) is 0 Å². The Morgan fingerprint density at radius 2 is 1.95 bits per heavy atom. The Kier molecular flexibility index (Phi) is 3.25. The molecule has 1 heterocycles. The first-order chi connectivity index (χ1) is 9.22. The third kappa shape index (κ3) is 2.63. The van der Waals surface area contributed by atoms with Crippen LogP contribution in [-0.4, -0.2) is 9.55 Å². The van der Waals surface area contributed by atoms with Crippen molar-refractivity contribution in [2.24, 2.45) is 7.05 Å². The average Bonchev–Trinajstić information content (AvgIpc) is 2.79. The van der Waals surface area contributed by atoms with Crippen molar-refractivity contribution < 1.29 is 0 Å². The summed E-state index contributed by atoms with van der Waals surface area (Å²) in [4.78, 5) is 4.36. The number of rotatable bonds is 3. The molecule has 0 unspecified atom stereocenters. The number of hydrogen-bond acceptors (Lipinski definition) is 2. The molecule has 0 fully saturated rings. The predicted octanol–water partition coefficient (Wildman–Crippen LogP) is 3.95. The fourth-order valence-corrected chi connectivity index (χ4v) is 2.32. The molecule has 0 bridgehead atoms. The zero-order valence-corrected chi connectivity index (χ0v) is 12.2. The van der Waals surface area contributed by atoms with Crippen LogP contribution in [-0.2, 0) is 13.6 Å². The van der Waals surface area contributed by atoms with E-state index in [0.717, 1.165) is 27.7 Å². The van der Waals surface area contributed by atoms with Gasteiger partial charge in [-0.15, -0.1) is 0 Å². The Bertz CT molecular complexity index is 701. The van der Waals surface area contributed by atoms with Crippen LogP contribution in [0.25, 0.3) is 11.0 Å². The monoisotopic (exact) mass is 315 g/mol. The molecule has 2 aromatic carbocycles. The van der Waals surface area contributed by atoms with E-state index in [1.165, 1.54) is 5.56 Å². The number of nitrogens with zero attached hydrogens (tertiary/aromatic N) is 2. The number of halogens is 1. The second kappa shape index (κ2) is 5.05. The van der Waals surface area contributed by atoms with Crippen molar-refractivity contribution in [3.63, 3.8) is 0 Å². The van der Waals surface area contributed by atoms with Crippen LogP contribution in [0.15, 0.2) is 53.3 Å². The lowest BCUT2D eigenvalue weighted by Crippen LogP contribution is -1.99. The van der Waals surface area contributed by atoms with Crippen molar-refractivity contribution in [2.45, 2.75) is 6.54 Å². The van der Waals surface area contributed by atoms with Gasteiger partial charge < -0.3 is 9.88 Å². The van der Waals surface area contributed by atoms with Gasteiger partial charge in [0.15, 0.2) is 0 Å². The Morgan fingerprint density at radius 3 is 2.74 bits per heavy atom. The quantitative estimate of drug-likeness (QED) is 0.793. The maximum Gasteiger partial charge on any atom is 0.0955 e. The van der Waals surface area contributed by atoms with Gasteiger partial charge in [0.1, 0.15) is 0 Å². The molecule has 4 heteroatoms. The zero-order valence-electron chi connectivity index (χ0n) is 10.6. The first kappa shape index (κ1) is 12.2. The van der Waals surface area contributed by atoms with Gasteiger partial charge in [0, 0.05) is 23.8 Å². The number of benzene rings is 2. The van der Waals surface area contributed by atoms with E-state index in [0.29, 0.717) is 0 Å². The van der Waals surface area contributed by atoms with Gasteiger partial charge in [-0.25, -0.2) is 4.98 Å². The number of hydrogen-bond donors (Lipinski definition) is 1. The molecule has 3 rings (SSSR count). The second-order valence-electron chi connectivity index (χ2n) is 4.54. The molecule has 0 atom stereocenters. The van der Waals surface area contributed by atoms with E-state index in [1.807, 2.05) is 17.9 Å². The molecule has 96 valence electrons. The normalized spacial score (nSPS) is 10.8. The summed E-state index contributed by atoms with van der Waals surface area (Å²) in [6, 6.07) is 14.6. The molecule has 3 aromatic rings. The molecular formula is C15H14BrN3. The number of nitrogens with one attached hydrogen (secondary N) is 1. The fraction of sp³-hybridized carbons (Fsp3) is 0.133. The van der Waals surface area contributed by atoms with Crippen molar-refractivity contribution >= 4 is 32.7 Å². The lowest BCUT2D eigenvalue weighted by molar-refractivity contribution is 0.947. The van der Waals surface area contributed by atoms with Gasteiger partial charge in [-0.2, -0.15) is 0 Å². The van der Waals surface area contributed by atoms with Gasteiger partial charge >= 0.3 is 0 Å². The number of anilines is 1. The van der Waals surface area contributed by atoms with E-state index in [4.69, 9.17) is 0 Å². The van der Waals surface area contributed by atoms with Crippen LogP contribution in [0.5, 0.6) is 0 Å². The Labute approximate surface area is 120 Å². The lowest BCUT2D eigenvalue weighted by Gasteiger charge is -2.07. The SMILES string of the molecule is Cn1cnc2cc(NCc3ccc(Br)cc3)ccc21. The van der Waals surface area contributed by atoms with Crippen molar-refractivity contribution in [1.29, 1.82) is 0 Å². The molecule has 1 N–H and O–H groups in total. The molecular weight excluding hydrogens is 302 g/mol. The maximum absolute atomic E-state index is 4.36. The van der Waals surface area contributed by atoms with E-state index >= 15 is 0 Å². The second-order valence-corrected chi connectivity index (χ2v) is 5.45. The highest BCUT2D eigenvalue weighted by Crippen LogP contribution is 2.18. The zero-order chi connectivity index (χ0) is 13.2. The molecule has 0 spiro atoms. The third-order valence-electron chi connectivity index (χ3n) is 3.14. The Balaban J connectivity index is 1.76. The standard InChI is InChI=1S/C15H14BrN3/c1-19-10-18-14-8-13(6-7-15(14)19)17-9-11-2-4-12(16)5-3-11/h2-8,10,17H,9H2,1H3. The molecule has 19 heavy (non-hydrogen) atoms. The molecule has 0 radical (unpaired) electrons. The highest BCUT2D eigenvalue weighted by Gasteiger charge is 2.01. The minimum Gasteiger partial charge on any atom is -0.381 e. The summed E-state index contributed by atoms with van der Waals surface area (Å²) in [5.41, 5.74) is 4.51. The predicted molar refractivity (Wildman–Crippen MR) is 82.2 cm³/mol. The molecule has 0 amide bonds. The molecule has 3 nitrogen and oxygen atoms in total. The van der Waals surface area contributed by atoms with Crippen LogP contribution in [0.4, 0.5) is 5.69 Å². The summed E-state index contributed by atoms with van der Waals surface area (Å²) in [7, 11) is 2.00. The van der Waals surface area contributed by atoms with Gasteiger partial charge in [-0.1, -0.05) is 28.1 Å². The van der Waals surface area contributed by atoms with E-state index in [-0.39, 0.29) is 0 Å². The summed E-state index contributed by atoms with van der Waals surface area (Å²) >= 11 is 3.44. The van der Waals surface area contributed by atoms with Crippen molar-refractivity contribution in [1.82, 2.24) is 9.55 Å². The average molecular weight is 316 g/mol. The third-order valence-corrected chi connectivity index (χ3v) is 3.66. The first-order valence-electron chi connectivity index (χ1n) is 6.12.